The molecule has 3 heterocycles. The molecule has 3 aliphatic rings. The fourth-order valence-electron chi connectivity index (χ4n) is 4.20. The number of nitrogens with zero attached hydrogens (tertiary/aromatic N) is 1. The summed E-state index contributed by atoms with van der Waals surface area (Å²) in [5.41, 5.74) is 0. The topological polar surface area (TPSA) is 15.3 Å². The summed E-state index contributed by atoms with van der Waals surface area (Å²) in [5, 5.41) is 3.65. The van der Waals surface area contributed by atoms with Gasteiger partial charge in [0.1, 0.15) is 0 Å². The Labute approximate surface area is 120 Å². The zero-order valence-corrected chi connectivity index (χ0v) is 12.4. The highest BCUT2D eigenvalue weighted by molar-refractivity contribution is 7.12. The molecule has 1 aromatic heterocycles. The Morgan fingerprint density at radius 3 is 2.89 bits per heavy atom. The maximum Gasteiger partial charge on any atom is 0.0328 e. The van der Waals surface area contributed by atoms with E-state index in [0.717, 1.165) is 17.9 Å². The van der Waals surface area contributed by atoms with Crippen molar-refractivity contribution in [1.82, 2.24) is 10.2 Å². The highest BCUT2D eigenvalue weighted by Crippen LogP contribution is 2.38. The minimum Gasteiger partial charge on any atom is -0.312 e. The Morgan fingerprint density at radius 1 is 1.16 bits per heavy atom. The van der Waals surface area contributed by atoms with Crippen molar-refractivity contribution in [1.29, 1.82) is 0 Å². The van der Waals surface area contributed by atoms with Gasteiger partial charge in [-0.2, -0.15) is 0 Å². The van der Waals surface area contributed by atoms with E-state index in [9.17, 15) is 0 Å². The molecule has 1 N–H and O–H groups in total. The lowest BCUT2D eigenvalue weighted by atomic mass is 10.1. The van der Waals surface area contributed by atoms with E-state index in [1.807, 2.05) is 0 Å². The van der Waals surface area contributed by atoms with Crippen molar-refractivity contribution < 1.29 is 0 Å². The molecule has 104 valence electrons. The van der Waals surface area contributed by atoms with Crippen LogP contribution in [0.4, 0.5) is 0 Å². The van der Waals surface area contributed by atoms with Crippen molar-refractivity contribution in [3.8, 4) is 0 Å². The Hall–Kier alpha value is -0.380. The van der Waals surface area contributed by atoms with Gasteiger partial charge >= 0.3 is 0 Å². The third-order valence-corrected chi connectivity index (χ3v) is 6.49. The van der Waals surface area contributed by atoms with Gasteiger partial charge in [0.15, 0.2) is 0 Å². The first-order valence-electron chi connectivity index (χ1n) is 7.93. The van der Waals surface area contributed by atoms with Crippen LogP contribution in [0.5, 0.6) is 0 Å². The molecule has 0 bridgehead atoms. The van der Waals surface area contributed by atoms with Crippen molar-refractivity contribution >= 4 is 11.3 Å². The standard InChI is InChI=1S/C16H24N2S/c1-2-4-12(3-1)16-6-5-14(19-16)10-18-9-13-7-8-17-15(13)11-18/h5-6,12-13,15,17H,1-4,7-11H2/t13-,15+/m0/s1. The molecule has 2 atom stereocenters. The minimum atomic E-state index is 0.786. The van der Waals surface area contributed by atoms with E-state index in [2.05, 4.69) is 33.7 Å². The molecular weight excluding hydrogens is 252 g/mol. The first-order valence-corrected chi connectivity index (χ1v) is 8.74. The van der Waals surface area contributed by atoms with Crippen molar-refractivity contribution in [3.63, 3.8) is 0 Å². The number of hydrogen-bond acceptors (Lipinski definition) is 3. The van der Waals surface area contributed by atoms with Crippen LogP contribution >= 0.6 is 11.3 Å². The smallest absolute Gasteiger partial charge is 0.0328 e. The van der Waals surface area contributed by atoms with Gasteiger partial charge in [-0.1, -0.05) is 12.8 Å². The normalized spacial score (nSPS) is 32.2. The molecule has 0 aromatic carbocycles. The summed E-state index contributed by atoms with van der Waals surface area (Å²) in [6.07, 6.45) is 7.13. The van der Waals surface area contributed by atoms with Crippen LogP contribution in [0.3, 0.4) is 0 Å². The van der Waals surface area contributed by atoms with Gasteiger partial charge in [0.2, 0.25) is 0 Å². The first kappa shape index (κ1) is 12.4. The SMILES string of the molecule is c1cc(C2CCCC2)sc1CN1C[C@@H]2CCN[C@@H]2C1. The van der Waals surface area contributed by atoms with Crippen LogP contribution in [0, 0.1) is 5.92 Å². The van der Waals surface area contributed by atoms with Gasteiger partial charge in [-0.25, -0.2) is 0 Å². The van der Waals surface area contributed by atoms with Crippen molar-refractivity contribution in [2.24, 2.45) is 5.92 Å². The van der Waals surface area contributed by atoms with E-state index in [0.29, 0.717) is 0 Å². The first-order chi connectivity index (χ1) is 9.38. The molecule has 19 heavy (non-hydrogen) atoms. The predicted molar refractivity (Wildman–Crippen MR) is 80.7 cm³/mol. The van der Waals surface area contributed by atoms with Crippen molar-refractivity contribution in [2.45, 2.75) is 50.6 Å². The predicted octanol–water partition coefficient (Wildman–Crippen LogP) is 3.20. The summed E-state index contributed by atoms with van der Waals surface area (Å²) in [4.78, 5) is 5.90. The highest BCUT2D eigenvalue weighted by Gasteiger charge is 2.35. The van der Waals surface area contributed by atoms with E-state index in [1.54, 1.807) is 9.75 Å². The fourth-order valence-corrected chi connectivity index (χ4v) is 5.42. The maximum atomic E-state index is 3.65. The van der Waals surface area contributed by atoms with Gasteiger partial charge in [-0.3, -0.25) is 4.90 Å². The molecule has 0 unspecified atom stereocenters. The zero-order valence-electron chi connectivity index (χ0n) is 11.6. The Balaban J connectivity index is 1.38. The van der Waals surface area contributed by atoms with Crippen LogP contribution in [-0.4, -0.2) is 30.6 Å². The number of hydrogen-bond donors (Lipinski definition) is 1. The van der Waals surface area contributed by atoms with E-state index in [4.69, 9.17) is 0 Å². The molecule has 4 rings (SSSR count). The largest absolute Gasteiger partial charge is 0.312 e. The van der Waals surface area contributed by atoms with Crippen LogP contribution in [0.2, 0.25) is 0 Å². The molecule has 3 fully saturated rings. The lowest BCUT2D eigenvalue weighted by Gasteiger charge is -2.15. The summed E-state index contributed by atoms with van der Waals surface area (Å²) in [6, 6.07) is 5.58. The van der Waals surface area contributed by atoms with E-state index in [-0.39, 0.29) is 0 Å². The molecule has 1 saturated carbocycles. The number of thiophene rings is 1. The number of likely N-dealkylation sites (tertiary alicyclic amines) is 1. The molecule has 0 radical (unpaired) electrons. The van der Waals surface area contributed by atoms with E-state index < -0.39 is 0 Å². The summed E-state index contributed by atoms with van der Waals surface area (Å²) in [7, 11) is 0. The molecule has 0 amide bonds. The van der Waals surface area contributed by atoms with Crippen LogP contribution in [-0.2, 0) is 6.54 Å². The van der Waals surface area contributed by atoms with Crippen LogP contribution in [0.25, 0.3) is 0 Å². The summed E-state index contributed by atoms with van der Waals surface area (Å²) < 4.78 is 0. The van der Waals surface area contributed by atoms with Crippen LogP contribution in [0.1, 0.15) is 47.8 Å². The maximum absolute atomic E-state index is 3.65. The summed E-state index contributed by atoms with van der Waals surface area (Å²) >= 11 is 2.08. The van der Waals surface area contributed by atoms with Gasteiger partial charge in [0, 0.05) is 35.4 Å². The van der Waals surface area contributed by atoms with Gasteiger partial charge in [0.05, 0.1) is 0 Å². The van der Waals surface area contributed by atoms with E-state index >= 15 is 0 Å². The zero-order chi connectivity index (χ0) is 12.7. The second kappa shape index (κ2) is 5.19. The number of nitrogens with one attached hydrogen (secondary N) is 1. The molecule has 3 heteroatoms. The average molecular weight is 276 g/mol. The Kier molecular flexibility index (Phi) is 3.38. The average Bonchev–Trinajstić information content (AvgIpc) is 3.12. The van der Waals surface area contributed by atoms with Gasteiger partial charge < -0.3 is 5.32 Å². The molecule has 2 nitrogen and oxygen atoms in total. The second-order valence-electron chi connectivity index (χ2n) is 6.59. The summed E-state index contributed by atoms with van der Waals surface area (Å²) in [5.74, 6) is 1.81. The Bertz CT molecular complexity index is 424. The third kappa shape index (κ3) is 2.48. The molecule has 1 aromatic rings. The van der Waals surface area contributed by atoms with Gasteiger partial charge in [-0.15, -0.1) is 11.3 Å². The van der Waals surface area contributed by atoms with Crippen LogP contribution in [0.15, 0.2) is 12.1 Å². The molecule has 0 spiro atoms. The van der Waals surface area contributed by atoms with Gasteiger partial charge in [0.25, 0.3) is 0 Å². The quantitative estimate of drug-likeness (QED) is 0.912. The molecule has 1 aliphatic carbocycles. The minimum absolute atomic E-state index is 0.786. The van der Waals surface area contributed by atoms with Crippen molar-refractivity contribution in [3.05, 3.63) is 21.9 Å². The molecule has 2 aliphatic heterocycles. The fraction of sp³-hybridized carbons (Fsp3) is 0.750. The van der Waals surface area contributed by atoms with Crippen molar-refractivity contribution in [2.75, 3.05) is 19.6 Å². The van der Waals surface area contributed by atoms with E-state index in [1.165, 1.54) is 58.3 Å². The summed E-state index contributed by atoms with van der Waals surface area (Å²) in [6.45, 7) is 5.01. The monoisotopic (exact) mass is 276 g/mol. The number of fused-ring (bicyclic) bond motifs is 1. The Morgan fingerprint density at radius 2 is 2.05 bits per heavy atom. The number of rotatable bonds is 3. The third-order valence-electron chi connectivity index (χ3n) is 5.26. The molecule has 2 saturated heterocycles. The van der Waals surface area contributed by atoms with Crippen LogP contribution < -0.4 is 5.32 Å². The second-order valence-corrected chi connectivity index (χ2v) is 7.79. The van der Waals surface area contributed by atoms with Gasteiger partial charge in [-0.05, 0) is 49.8 Å². The molecular formula is C16H24N2S. The lowest BCUT2D eigenvalue weighted by molar-refractivity contribution is 0.309. The highest BCUT2D eigenvalue weighted by atomic mass is 32.1. The lowest BCUT2D eigenvalue weighted by Crippen LogP contribution is -2.29.